The smallest absolute Gasteiger partial charge is 0.176 e. The molecule has 2 fully saturated rings. The molecule has 102 valence electrons. The van der Waals surface area contributed by atoms with Crippen molar-refractivity contribution in [1.29, 1.82) is 0 Å². The summed E-state index contributed by atoms with van der Waals surface area (Å²) in [5.74, 6) is 0.213. The molecular weight excluding hydrogens is 238 g/mol. The van der Waals surface area contributed by atoms with Gasteiger partial charge in [-0.05, 0) is 44.2 Å². The van der Waals surface area contributed by atoms with E-state index in [1.54, 1.807) is 0 Å². The molecule has 1 aliphatic carbocycles. The van der Waals surface area contributed by atoms with Gasteiger partial charge < -0.3 is 5.11 Å². The summed E-state index contributed by atoms with van der Waals surface area (Å²) in [4.78, 5) is 14.4. The highest BCUT2D eigenvalue weighted by Crippen LogP contribution is 2.48. The molecule has 0 unspecified atom stereocenters. The minimum absolute atomic E-state index is 0.0718. The first-order chi connectivity index (χ1) is 9.17. The molecule has 0 amide bonds. The first kappa shape index (κ1) is 12.8. The van der Waals surface area contributed by atoms with E-state index in [1.165, 1.54) is 0 Å². The van der Waals surface area contributed by atoms with Crippen molar-refractivity contribution in [3.8, 4) is 0 Å². The van der Waals surface area contributed by atoms with Crippen molar-refractivity contribution >= 4 is 5.78 Å². The molecule has 0 bridgehead atoms. The van der Waals surface area contributed by atoms with E-state index in [-0.39, 0.29) is 11.9 Å². The van der Waals surface area contributed by atoms with Crippen LogP contribution >= 0.6 is 0 Å². The van der Waals surface area contributed by atoms with Crippen molar-refractivity contribution in [2.75, 3.05) is 19.6 Å². The average Bonchev–Trinajstić information content (AvgIpc) is 2.41. The minimum atomic E-state index is -0.0718. The van der Waals surface area contributed by atoms with Crippen molar-refractivity contribution in [2.45, 2.75) is 31.8 Å². The zero-order chi connectivity index (χ0) is 13.3. The lowest BCUT2D eigenvalue weighted by atomic mass is 9.61. The van der Waals surface area contributed by atoms with E-state index in [9.17, 15) is 9.90 Å². The number of carbonyl (C=O) groups excluding carboxylic acids is 1. The summed E-state index contributed by atoms with van der Waals surface area (Å²) in [6.45, 7) is 2.51. The fraction of sp³-hybridized carbons (Fsp3) is 0.562. The lowest BCUT2D eigenvalue weighted by Gasteiger charge is -2.50. The number of piperidine rings is 1. The molecular formula is C16H21NO2. The Bertz CT molecular complexity index is 441. The molecule has 3 heteroatoms. The van der Waals surface area contributed by atoms with E-state index >= 15 is 0 Å². The van der Waals surface area contributed by atoms with Crippen LogP contribution in [0.4, 0.5) is 0 Å². The highest BCUT2D eigenvalue weighted by atomic mass is 16.3. The second kappa shape index (κ2) is 5.06. The van der Waals surface area contributed by atoms with Crippen molar-refractivity contribution in [3.05, 3.63) is 35.9 Å². The van der Waals surface area contributed by atoms with Crippen molar-refractivity contribution in [2.24, 2.45) is 5.41 Å². The molecule has 1 aromatic carbocycles. The van der Waals surface area contributed by atoms with Crippen LogP contribution in [0, 0.1) is 5.41 Å². The molecule has 1 heterocycles. The monoisotopic (exact) mass is 259 g/mol. The minimum Gasteiger partial charge on any atom is -0.393 e. The number of Topliss-reactive ketones (excluding diaryl/α,β-unsaturated/α-hetero) is 1. The van der Waals surface area contributed by atoms with Gasteiger partial charge in [0.1, 0.15) is 0 Å². The van der Waals surface area contributed by atoms with E-state index in [0.717, 1.165) is 44.3 Å². The maximum absolute atomic E-state index is 12.1. The molecule has 3 rings (SSSR count). The summed E-state index contributed by atoms with van der Waals surface area (Å²) < 4.78 is 0. The van der Waals surface area contributed by atoms with Gasteiger partial charge in [0.25, 0.3) is 0 Å². The van der Waals surface area contributed by atoms with E-state index in [0.29, 0.717) is 12.0 Å². The lowest BCUT2D eigenvalue weighted by molar-refractivity contribution is -0.0668. The molecule has 1 spiro atoms. The molecule has 3 nitrogen and oxygen atoms in total. The number of likely N-dealkylation sites (tertiary alicyclic amines) is 1. The largest absolute Gasteiger partial charge is 0.393 e. The van der Waals surface area contributed by atoms with Crippen LogP contribution in [0.1, 0.15) is 36.0 Å². The number of aliphatic hydroxyl groups is 1. The molecule has 0 atom stereocenters. The summed E-state index contributed by atoms with van der Waals surface area (Å²) in [5, 5.41) is 9.46. The van der Waals surface area contributed by atoms with Crippen LogP contribution in [0.15, 0.2) is 30.3 Å². The first-order valence-electron chi connectivity index (χ1n) is 7.16. The van der Waals surface area contributed by atoms with Gasteiger partial charge >= 0.3 is 0 Å². The molecule has 1 aromatic rings. The number of aliphatic hydroxyl groups excluding tert-OH is 1. The average molecular weight is 259 g/mol. The Morgan fingerprint density at radius 2 is 1.84 bits per heavy atom. The lowest BCUT2D eigenvalue weighted by Crippen LogP contribution is -2.49. The van der Waals surface area contributed by atoms with Crippen LogP contribution in [0.5, 0.6) is 0 Å². The number of ketones is 1. The first-order valence-corrected chi connectivity index (χ1v) is 7.16. The van der Waals surface area contributed by atoms with Crippen LogP contribution in [-0.2, 0) is 0 Å². The molecule has 1 saturated carbocycles. The zero-order valence-electron chi connectivity index (χ0n) is 11.2. The molecule has 1 N–H and O–H groups in total. The topological polar surface area (TPSA) is 40.5 Å². The third kappa shape index (κ3) is 2.72. The van der Waals surface area contributed by atoms with Crippen molar-refractivity contribution < 1.29 is 9.90 Å². The van der Waals surface area contributed by atoms with Crippen LogP contribution in [0.2, 0.25) is 0 Å². The summed E-state index contributed by atoms with van der Waals surface area (Å²) in [6.07, 6.45) is 4.12. The van der Waals surface area contributed by atoms with Gasteiger partial charge in [-0.15, -0.1) is 0 Å². The van der Waals surface area contributed by atoms with Gasteiger partial charge in [0.05, 0.1) is 12.6 Å². The predicted molar refractivity (Wildman–Crippen MR) is 74.1 cm³/mol. The molecule has 1 aliphatic heterocycles. The summed E-state index contributed by atoms with van der Waals surface area (Å²) in [6, 6.07) is 9.53. The quantitative estimate of drug-likeness (QED) is 0.845. The summed E-state index contributed by atoms with van der Waals surface area (Å²) in [5.41, 5.74) is 1.20. The third-order valence-electron chi connectivity index (χ3n) is 4.72. The van der Waals surface area contributed by atoms with E-state index in [1.807, 2.05) is 30.3 Å². The Balaban J connectivity index is 1.51. The maximum atomic E-state index is 12.1. The van der Waals surface area contributed by atoms with Crippen LogP contribution in [-0.4, -0.2) is 41.5 Å². The van der Waals surface area contributed by atoms with Crippen LogP contribution in [0.3, 0.4) is 0 Å². The number of benzene rings is 1. The fourth-order valence-electron chi connectivity index (χ4n) is 3.45. The van der Waals surface area contributed by atoms with Gasteiger partial charge in [0, 0.05) is 5.56 Å². The SMILES string of the molecule is O=C(CN1CCC2(CC1)CC(O)C2)c1ccccc1. The van der Waals surface area contributed by atoms with Crippen LogP contribution in [0.25, 0.3) is 0 Å². The summed E-state index contributed by atoms with van der Waals surface area (Å²) >= 11 is 0. The van der Waals surface area contributed by atoms with Gasteiger partial charge in [-0.2, -0.15) is 0 Å². The number of hydrogen-bond donors (Lipinski definition) is 1. The van der Waals surface area contributed by atoms with Crippen molar-refractivity contribution in [1.82, 2.24) is 4.90 Å². The normalized spacial score (nSPS) is 23.2. The van der Waals surface area contributed by atoms with E-state index in [4.69, 9.17) is 0 Å². The van der Waals surface area contributed by atoms with Gasteiger partial charge in [-0.25, -0.2) is 0 Å². The Kier molecular flexibility index (Phi) is 3.42. The molecule has 1 saturated heterocycles. The van der Waals surface area contributed by atoms with Gasteiger partial charge in [0.2, 0.25) is 0 Å². The Morgan fingerprint density at radius 3 is 2.42 bits per heavy atom. The number of hydrogen-bond acceptors (Lipinski definition) is 3. The highest BCUT2D eigenvalue weighted by molar-refractivity contribution is 5.97. The highest BCUT2D eigenvalue weighted by Gasteiger charge is 2.45. The molecule has 19 heavy (non-hydrogen) atoms. The van der Waals surface area contributed by atoms with Gasteiger partial charge in [-0.1, -0.05) is 30.3 Å². The zero-order valence-corrected chi connectivity index (χ0v) is 11.2. The van der Waals surface area contributed by atoms with Gasteiger partial charge in [0.15, 0.2) is 5.78 Å². The Morgan fingerprint density at radius 1 is 1.21 bits per heavy atom. The van der Waals surface area contributed by atoms with E-state index in [2.05, 4.69) is 4.90 Å². The maximum Gasteiger partial charge on any atom is 0.176 e. The van der Waals surface area contributed by atoms with Gasteiger partial charge in [-0.3, -0.25) is 9.69 Å². The number of carbonyl (C=O) groups is 1. The second-order valence-electron chi connectivity index (χ2n) is 6.13. The molecule has 0 aromatic heterocycles. The third-order valence-corrected chi connectivity index (χ3v) is 4.72. The standard InChI is InChI=1S/C16H21NO2/c18-14-10-16(11-14)6-8-17(9-7-16)12-15(19)13-4-2-1-3-5-13/h1-5,14,18H,6-12H2. The van der Waals surface area contributed by atoms with E-state index < -0.39 is 0 Å². The number of nitrogens with zero attached hydrogens (tertiary/aromatic N) is 1. The van der Waals surface area contributed by atoms with Crippen molar-refractivity contribution in [3.63, 3.8) is 0 Å². The molecule has 2 aliphatic rings. The predicted octanol–water partition coefficient (Wildman–Crippen LogP) is 2.11. The second-order valence-corrected chi connectivity index (χ2v) is 6.13. The number of rotatable bonds is 3. The Labute approximate surface area is 114 Å². The fourth-order valence-corrected chi connectivity index (χ4v) is 3.45. The molecule has 0 radical (unpaired) electrons. The summed E-state index contributed by atoms with van der Waals surface area (Å²) in [7, 11) is 0. The van der Waals surface area contributed by atoms with Crippen LogP contribution < -0.4 is 0 Å². The Hall–Kier alpha value is -1.19.